The van der Waals surface area contributed by atoms with Gasteiger partial charge in [0.05, 0.1) is 12.8 Å². The monoisotopic (exact) mass is 185 g/mol. The molecule has 6 heteroatoms. The largest absolute Gasteiger partial charge is 0.463 e. The first-order chi connectivity index (χ1) is 6.33. The van der Waals surface area contributed by atoms with E-state index in [0.29, 0.717) is 6.42 Å². The van der Waals surface area contributed by atoms with E-state index >= 15 is 0 Å². The van der Waals surface area contributed by atoms with Gasteiger partial charge in [-0.3, -0.25) is 4.79 Å². The lowest BCUT2D eigenvalue weighted by Gasteiger charge is -2.02. The maximum atomic E-state index is 10.9. The zero-order chi connectivity index (χ0) is 9.52. The summed E-state index contributed by atoms with van der Waals surface area (Å²) in [6, 6.07) is -0.0957. The Morgan fingerprint density at radius 2 is 2.46 bits per heavy atom. The molecule has 13 heavy (non-hydrogen) atoms. The molecule has 0 aromatic heterocycles. The minimum absolute atomic E-state index is 0.0547. The van der Waals surface area contributed by atoms with Crippen molar-refractivity contribution in [3.05, 3.63) is 0 Å². The van der Waals surface area contributed by atoms with Crippen LogP contribution >= 0.6 is 0 Å². The van der Waals surface area contributed by atoms with Gasteiger partial charge in [0, 0.05) is 6.42 Å². The van der Waals surface area contributed by atoms with E-state index in [1.165, 1.54) is 0 Å². The quantitative estimate of drug-likeness (QED) is 0.617. The minimum atomic E-state index is -0.329. The van der Waals surface area contributed by atoms with E-state index in [-0.39, 0.29) is 31.6 Å². The summed E-state index contributed by atoms with van der Waals surface area (Å²) in [6.07, 6.45) is 2.41. The van der Waals surface area contributed by atoms with Gasteiger partial charge in [-0.15, -0.1) is 5.10 Å². The third kappa shape index (κ3) is 3.75. The Kier molecular flexibility index (Phi) is 4.04. The van der Waals surface area contributed by atoms with Crippen LogP contribution in [0.4, 0.5) is 0 Å². The zero-order valence-electron chi connectivity index (χ0n) is 7.09. The van der Waals surface area contributed by atoms with Crippen molar-refractivity contribution in [1.29, 1.82) is 0 Å². The normalized spacial score (nSPS) is 19.3. The van der Waals surface area contributed by atoms with Crippen molar-refractivity contribution >= 4 is 12.2 Å². The molecule has 1 N–H and O–H groups in total. The Bertz CT molecular complexity index is 215. The van der Waals surface area contributed by atoms with E-state index in [4.69, 9.17) is 5.11 Å². The summed E-state index contributed by atoms with van der Waals surface area (Å²) in [7, 11) is 0. The molecule has 0 aromatic rings. The topological polar surface area (TPSA) is 83.6 Å². The van der Waals surface area contributed by atoms with Gasteiger partial charge in [0.2, 0.25) is 0 Å². The Balaban J connectivity index is 2.07. The molecule has 6 nitrogen and oxygen atoms in total. The third-order valence-corrected chi connectivity index (χ3v) is 1.49. The number of nitrogens with zero attached hydrogens (tertiary/aromatic N) is 3. The molecular weight excluding hydrogens is 174 g/mol. The smallest absolute Gasteiger partial charge is 0.305 e. The summed E-state index contributed by atoms with van der Waals surface area (Å²) in [5.74, 6) is -0.329. The van der Waals surface area contributed by atoms with Crippen LogP contribution in [0, 0.1) is 0 Å². The molecule has 1 heterocycles. The molecule has 0 saturated carbocycles. The van der Waals surface area contributed by atoms with Gasteiger partial charge in [0.15, 0.2) is 0 Å². The Labute approximate surface area is 75.3 Å². The molecular formula is C7H11N3O3. The molecule has 0 aliphatic carbocycles. The van der Waals surface area contributed by atoms with Crippen LogP contribution in [0.15, 0.2) is 15.4 Å². The second kappa shape index (κ2) is 5.36. The average molecular weight is 185 g/mol. The van der Waals surface area contributed by atoms with Crippen molar-refractivity contribution in [3.8, 4) is 0 Å². The van der Waals surface area contributed by atoms with Crippen molar-refractivity contribution in [2.45, 2.75) is 18.9 Å². The van der Waals surface area contributed by atoms with E-state index < -0.39 is 0 Å². The van der Waals surface area contributed by atoms with Crippen molar-refractivity contribution in [2.75, 3.05) is 13.2 Å². The predicted molar refractivity (Wildman–Crippen MR) is 44.4 cm³/mol. The second-order valence-corrected chi connectivity index (χ2v) is 2.52. The van der Waals surface area contributed by atoms with Crippen LogP contribution in [0.5, 0.6) is 0 Å². The molecule has 1 unspecified atom stereocenters. The highest BCUT2D eigenvalue weighted by Crippen LogP contribution is 2.06. The molecule has 1 aliphatic heterocycles. The SMILES string of the molecule is O=C(CCC1C=NN=N1)OCCO. The molecule has 0 bridgehead atoms. The second-order valence-electron chi connectivity index (χ2n) is 2.52. The van der Waals surface area contributed by atoms with Gasteiger partial charge in [-0.05, 0) is 11.6 Å². The Morgan fingerprint density at radius 1 is 1.62 bits per heavy atom. The molecule has 0 aromatic carbocycles. The lowest BCUT2D eigenvalue weighted by Crippen LogP contribution is -2.11. The van der Waals surface area contributed by atoms with E-state index in [0.717, 1.165) is 0 Å². The van der Waals surface area contributed by atoms with Crippen molar-refractivity contribution < 1.29 is 14.6 Å². The van der Waals surface area contributed by atoms with E-state index in [9.17, 15) is 4.79 Å². The van der Waals surface area contributed by atoms with Crippen LogP contribution in [0.3, 0.4) is 0 Å². The van der Waals surface area contributed by atoms with Gasteiger partial charge < -0.3 is 9.84 Å². The van der Waals surface area contributed by atoms with Crippen LogP contribution in [0.2, 0.25) is 0 Å². The first kappa shape index (κ1) is 9.79. The number of carbonyl (C=O) groups excluding carboxylic acids is 1. The van der Waals surface area contributed by atoms with Gasteiger partial charge in [0.25, 0.3) is 0 Å². The number of hydrogen-bond acceptors (Lipinski definition) is 6. The lowest BCUT2D eigenvalue weighted by molar-refractivity contribution is -0.144. The first-order valence-electron chi connectivity index (χ1n) is 4.02. The number of carbonyl (C=O) groups is 1. The fourth-order valence-electron chi connectivity index (χ4n) is 0.862. The average Bonchev–Trinajstić information content (AvgIpc) is 2.64. The van der Waals surface area contributed by atoms with Crippen LogP contribution in [-0.4, -0.2) is 36.5 Å². The van der Waals surface area contributed by atoms with Crippen molar-refractivity contribution in [3.63, 3.8) is 0 Å². The summed E-state index contributed by atoms with van der Waals surface area (Å²) in [5.41, 5.74) is 0. The molecule has 72 valence electrons. The highest BCUT2D eigenvalue weighted by atomic mass is 16.5. The molecule has 0 saturated heterocycles. The number of aliphatic hydroxyl groups is 1. The molecule has 1 rings (SSSR count). The van der Waals surface area contributed by atoms with Gasteiger partial charge in [-0.25, -0.2) is 0 Å². The maximum Gasteiger partial charge on any atom is 0.305 e. The zero-order valence-corrected chi connectivity index (χ0v) is 7.09. The van der Waals surface area contributed by atoms with Gasteiger partial charge in [-0.2, -0.15) is 5.11 Å². The molecule has 1 atom stereocenters. The molecule has 0 spiro atoms. The number of ether oxygens (including phenoxy) is 1. The Morgan fingerprint density at radius 3 is 3.08 bits per heavy atom. The number of hydrogen-bond donors (Lipinski definition) is 1. The number of rotatable bonds is 5. The fourth-order valence-corrected chi connectivity index (χ4v) is 0.862. The van der Waals surface area contributed by atoms with Crippen LogP contribution < -0.4 is 0 Å². The van der Waals surface area contributed by atoms with Crippen LogP contribution in [-0.2, 0) is 9.53 Å². The molecule has 1 aliphatic rings. The summed E-state index contributed by atoms with van der Waals surface area (Å²) in [6.45, 7) is -0.0879. The number of aliphatic hydroxyl groups excluding tert-OH is 1. The van der Waals surface area contributed by atoms with Crippen LogP contribution in [0.25, 0.3) is 0 Å². The summed E-state index contributed by atoms with van der Waals surface area (Å²) >= 11 is 0. The van der Waals surface area contributed by atoms with Gasteiger partial charge >= 0.3 is 5.97 Å². The predicted octanol–water partition coefficient (Wildman–Crippen LogP) is 0.122. The van der Waals surface area contributed by atoms with E-state index in [1.807, 2.05) is 0 Å². The standard InChI is InChI=1S/C7H11N3O3/c11-3-4-13-7(12)2-1-6-5-8-10-9-6/h5-6,11H,1-4H2. The van der Waals surface area contributed by atoms with E-state index in [2.05, 4.69) is 20.2 Å². The molecule has 0 amide bonds. The van der Waals surface area contributed by atoms with E-state index in [1.54, 1.807) is 6.21 Å². The van der Waals surface area contributed by atoms with Crippen molar-refractivity contribution in [1.82, 2.24) is 0 Å². The molecule has 0 radical (unpaired) electrons. The molecule has 0 fully saturated rings. The lowest BCUT2D eigenvalue weighted by atomic mass is 10.2. The fraction of sp³-hybridized carbons (Fsp3) is 0.714. The number of esters is 1. The first-order valence-corrected chi connectivity index (χ1v) is 4.02. The maximum absolute atomic E-state index is 10.9. The third-order valence-electron chi connectivity index (χ3n) is 1.49. The minimum Gasteiger partial charge on any atom is -0.463 e. The summed E-state index contributed by atoms with van der Waals surface area (Å²) in [4.78, 5) is 10.9. The summed E-state index contributed by atoms with van der Waals surface area (Å²) in [5, 5.41) is 19.0. The highest BCUT2D eigenvalue weighted by Gasteiger charge is 2.11. The van der Waals surface area contributed by atoms with Gasteiger partial charge in [0.1, 0.15) is 12.6 Å². The van der Waals surface area contributed by atoms with Crippen molar-refractivity contribution in [2.24, 2.45) is 15.4 Å². The van der Waals surface area contributed by atoms with Gasteiger partial charge in [-0.1, -0.05) is 0 Å². The Hall–Kier alpha value is -1.30. The van der Waals surface area contributed by atoms with Crippen LogP contribution in [0.1, 0.15) is 12.8 Å². The summed E-state index contributed by atoms with van der Waals surface area (Å²) < 4.78 is 4.65. The highest BCUT2D eigenvalue weighted by molar-refractivity contribution is 5.71.